The van der Waals surface area contributed by atoms with E-state index in [0.29, 0.717) is 5.92 Å². The van der Waals surface area contributed by atoms with E-state index in [-0.39, 0.29) is 11.3 Å². The summed E-state index contributed by atoms with van der Waals surface area (Å²) in [7, 11) is 0. The molecule has 2 heterocycles. The molecule has 0 aliphatic carbocycles. The van der Waals surface area contributed by atoms with Gasteiger partial charge in [-0.25, -0.2) is 0 Å². The minimum atomic E-state index is -0.671. The Balaban J connectivity index is 1.85. The summed E-state index contributed by atoms with van der Waals surface area (Å²) in [5.74, 6) is -0.569. The summed E-state index contributed by atoms with van der Waals surface area (Å²) < 4.78 is 0. The number of rotatable bonds is 4. The van der Waals surface area contributed by atoms with E-state index >= 15 is 0 Å². The van der Waals surface area contributed by atoms with Crippen LogP contribution in [0.1, 0.15) is 37.4 Å². The quantitative estimate of drug-likeness (QED) is 0.921. The van der Waals surface area contributed by atoms with Crippen molar-refractivity contribution in [2.75, 3.05) is 13.1 Å². The fourth-order valence-corrected chi connectivity index (χ4v) is 3.45. The average molecular weight is 281 g/mol. The molecule has 106 valence electrons. The molecule has 2 rings (SSSR count). The molecule has 19 heavy (non-hydrogen) atoms. The highest BCUT2D eigenvalue weighted by Crippen LogP contribution is 2.32. The van der Waals surface area contributed by atoms with Gasteiger partial charge in [0.05, 0.1) is 5.92 Å². The molecule has 0 saturated carbocycles. The first kappa shape index (κ1) is 14.5. The fourth-order valence-electron chi connectivity index (χ4n) is 2.34. The fraction of sp³-hybridized carbons (Fsp3) is 0.667. The summed E-state index contributed by atoms with van der Waals surface area (Å²) in [4.78, 5) is 16.0. The van der Waals surface area contributed by atoms with Gasteiger partial charge in [-0.2, -0.15) is 0 Å². The van der Waals surface area contributed by atoms with Crippen LogP contribution < -0.4 is 0 Å². The highest BCUT2D eigenvalue weighted by atomic mass is 32.1. The Morgan fingerprint density at radius 2 is 2.11 bits per heavy atom. The number of aliphatic carboxylic acids is 1. The molecule has 4 heteroatoms. The lowest BCUT2D eigenvalue weighted by molar-refractivity contribution is -0.145. The van der Waals surface area contributed by atoms with E-state index in [1.165, 1.54) is 9.75 Å². The number of hydrogen-bond donors (Lipinski definition) is 1. The van der Waals surface area contributed by atoms with Crippen molar-refractivity contribution in [3.63, 3.8) is 0 Å². The van der Waals surface area contributed by atoms with Gasteiger partial charge in [-0.1, -0.05) is 27.7 Å². The van der Waals surface area contributed by atoms with E-state index in [2.05, 4.69) is 37.8 Å². The van der Waals surface area contributed by atoms with Crippen molar-refractivity contribution in [3.8, 4) is 0 Å². The molecule has 1 fully saturated rings. The molecule has 1 aromatic heterocycles. The van der Waals surface area contributed by atoms with Crippen LogP contribution in [0.2, 0.25) is 0 Å². The van der Waals surface area contributed by atoms with Gasteiger partial charge in [0, 0.05) is 29.4 Å². The molecule has 0 amide bonds. The summed E-state index contributed by atoms with van der Waals surface area (Å²) in [5.41, 5.74) is 0.220. The summed E-state index contributed by atoms with van der Waals surface area (Å²) in [6, 6.07) is 4.43. The monoisotopic (exact) mass is 281 g/mol. The molecule has 1 aliphatic rings. The van der Waals surface area contributed by atoms with Crippen LogP contribution in [0.3, 0.4) is 0 Å². The molecule has 1 saturated heterocycles. The van der Waals surface area contributed by atoms with E-state index in [1.807, 2.05) is 18.3 Å². The van der Waals surface area contributed by atoms with Gasteiger partial charge in [0.15, 0.2) is 0 Å². The van der Waals surface area contributed by atoms with Crippen LogP contribution in [0.25, 0.3) is 0 Å². The lowest BCUT2D eigenvalue weighted by Gasteiger charge is -2.41. The predicted molar refractivity (Wildman–Crippen MR) is 78.6 cm³/mol. The first-order chi connectivity index (χ1) is 8.77. The molecule has 1 aliphatic heterocycles. The molecular weight excluding hydrogens is 258 g/mol. The molecular formula is C15H23NO2S. The zero-order valence-corrected chi connectivity index (χ0v) is 13.0. The molecule has 1 atom stereocenters. The molecule has 1 N–H and O–H groups in total. The smallest absolute Gasteiger partial charge is 0.306 e. The number of likely N-dealkylation sites (tertiary alicyclic amines) is 1. The number of carboxylic acid groups (broad SMARTS) is 1. The van der Waals surface area contributed by atoms with Gasteiger partial charge in [-0.3, -0.25) is 9.69 Å². The molecule has 1 unspecified atom stereocenters. The molecule has 0 aromatic carbocycles. The van der Waals surface area contributed by atoms with Crippen molar-refractivity contribution >= 4 is 17.3 Å². The normalized spacial score (nSPS) is 19.2. The summed E-state index contributed by atoms with van der Waals surface area (Å²) in [6.45, 7) is 11.3. The Labute approximate surface area is 119 Å². The number of nitrogens with zero attached hydrogens (tertiary/aromatic N) is 1. The van der Waals surface area contributed by atoms with Crippen molar-refractivity contribution in [1.82, 2.24) is 4.90 Å². The average Bonchev–Trinajstić information content (AvgIpc) is 2.69. The lowest BCUT2D eigenvalue weighted by Crippen LogP contribution is -2.50. The number of carboxylic acids is 1. The Bertz CT molecular complexity index is 455. The summed E-state index contributed by atoms with van der Waals surface area (Å²) >= 11 is 1.88. The van der Waals surface area contributed by atoms with Crippen molar-refractivity contribution < 1.29 is 9.90 Å². The SMILES string of the molecule is CC(C(=O)O)C1CN(Cc2ccc(C(C)(C)C)s2)C1. The highest BCUT2D eigenvalue weighted by molar-refractivity contribution is 7.12. The molecule has 0 bridgehead atoms. The topological polar surface area (TPSA) is 40.5 Å². The van der Waals surface area contributed by atoms with E-state index < -0.39 is 5.97 Å². The third kappa shape index (κ3) is 3.37. The predicted octanol–water partition coefficient (Wildman–Crippen LogP) is 3.20. The van der Waals surface area contributed by atoms with E-state index in [1.54, 1.807) is 0 Å². The van der Waals surface area contributed by atoms with Gasteiger partial charge in [0.1, 0.15) is 0 Å². The third-order valence-corrected chi connectivity index (χ3v) is 5.36. The van der Waals surface area contributed by atoms with Crippen molar-refractivity contribution in [1.29, 1.82) is 0 Å². The van der Waals surface area contributed by atoms with Crippen molar-refractivity contribution in [2.45, 2.75) is 39.7 Å². The van der Waals surface area contributed by atoms with Crippen molar-refractivity contribution in [2.24, 2.45) is 11.8 Å². The Hall–Kier alpha value is -0.870. The van der Waals surface area contributed by atoms with Gasteiger partial charge in [-0.15, -0.1) is 11.3 Å². The van der Waals surface area contributed by atoms with Gasteiger partial charge in [-0.05, 0) is 23.5 Å². The number of hydrogen-bond acceptors (Lipinski definition) is 3. The molecule has 3 nitrogen and oxygen atoms in total. The minimum Gasteiger partial charge on any atom is -0.481 e. The Morgan fingerprint density at radius 3 is 2.58 bits per heavy atom. The van der Waals surface area contributed by atoms with Gasteiger partial charge in [0.25, 0.3) is 0 Å². The maximum absolute atomic E-state index is 10.9. The van der Waals surface area contributed by atoms with E-state index in [9.17, 15) is 4.79 Å². The van der Waals surface area contributed by atoms with Gasteiger partial charge >= 0.3 is 5.97 Å². The number of carbonyl (C=O) groups is 1. The summed E-state index contributed by atoms with van der Waals surface area (Å²) in [6.07, 6.45) is 0. The Kier molecular flexibility index (Phi) is 4.02. The maximum atomic E-state index is 10.9. The van der Waals surface area contributed by atoms with Crippen LogP contribution in [0.5, 0.6) is 0 Å². The maximum Gasteiger partial charge on any atom is 0.306 e. The highest BCUT2D eigenvalue weighted by Gasteiger charge is 2.34. The first-order valence-electron chi connectivity index (χ1n) is 6.81. The Morgan fingerprint density at radius 1 is 1.47 bits per heavy atom. The second-order valence-electron chi connectivity index (χ2n) is 6.60. The first-order valence-corrected chi connectivity index (χ1v) is 7.63. The molecule has 0 radical (unpaired) electrons. The van der Waals surface area contributed by atoms with Gasteiger partial charge in [0.2, 0.25) is 0 Å². The van der Waals surface area contributed by atoms with Crippen LogP contribution in [0.4, 0.5) is 0 Å². The van der Waals surface area contributed by atoms with Crippen LogP contribution in [0, 0.1) is 11.8 Å². The van der Waals surface area contributed by atoms with Crippen LogP contribution in [0.15, 0.2) is 12.1 Å². The second kappa shape index (κ2) is 5.25. The molecule has 0 spiro atoms. The second-order valence-corrected chi connectivity index (χ2v) is 7.77. The van der Waals surface area contributed by atoms with Crippen molar-refractivity contribution in [3.05, 3.63) is 21.9 Å². The van der Waals surface area contributed by atoms with Crippen LogP contribution in [-0.4, -0.2) is 29.1 Å². The lowest BCUT2D eigenvalue weighted by atomic mass is 9.87. The standard InChI is InChI=1S/C15H23NO2S/c1-10(14(17)18)11-7-16(8-11)9-12-5-6-13(19-12)15(2,3)4/h5-6,10-11H,7-9H2,1-4H3,(H,17,18). The third-order valence-electron chi connectivity index (χ3n) is 3.86. The number of thiophene rings is 1. The van der Waals surface area contributed by atoms with Crippen LogP contribution >= 0.6 is 11.3 Å². The minimum absolute atomic E-state index is 0.218. The van der Waals surface area contributed by atoms with Gasteiger partial charge < -0.3 is 5.11 Å². The van der Waals surface area contributed by atoms with E-state index in [4.69, 9.17) is 5.11 Å². The van der Waals surface area contributed by atoms with E-state index in [0.717, 1.165) is 19.6 Å². The zero-order valence-electron chi connectivity index (χ0n) is 12.1. The van der Waals surface area contributed by atoms with Crippen LogP contribution in [-0.2, 0) is 16.8 Å². The summed E-state index contributed by atoms with van der Waals surface area (Å²) in [5, 5.41) is 8.97. The molecule has 1 aromatic rings. The zero-order chi connectivity index (χ0) is 14.2. The largest absolute Gasteiger partial charge is 0.481 e.